The first kappa shape index (κ1) is 25.8. The summed E-state index contributed by atoms with van der Waals surface area (Å²) < 4.78 is 41.4. The third-order valence-corrected chi connectivity index (χ3v) is 9.20. The molecule has 3 aliphatic heterocycles. The average molecular weight is 540 g/mol. The Balaban J connectivity index is 0.00000267. The van der Waals surface area contributed by atoms with Crippen LogP contribution in [0.5, 0.6) is 0 Å². The van der Waals surface area contributed by atoms with Crippen molar-refractivity contribution in [2.24, 2.45) is 11.1 Å². The van der Waals surface area contributed by atoms with Crippen molar-refractivity contribution in [1.82, 2.24) is 4.90 Å². The van der Waals surface area contributed by atoms with Gasteiger partial charge < -0.3 is 26.2 Å². The summed E-state index contributed by atoms with van der Waals surface area (Å²) in [5, 5.41) is 6.89. The Morgan fingerprint density at radius 1 is 1.08 bits per heavy atom. The molecule has 5 nitrogen and oxygen atoms in total. The van der Waals surface area contributed by atoms with Crippen LogP contribution in [0.3, 0.4) is 0 Å². The van der Waals surface area contributed by atoms with Crippen LogP contribution in [-0.4, -0.2) is 50.2 Å². The van der Waals surface area contributed by atoms with E-state index in [0.717, 1.165) is 67.5 Å². The summed E-state index contributed by atoms with van der Waals surface area (Å²) in [6, 6.07) is 9.01. The maximum Gasteiger partial charge on any atom is 0.416 e. The van der Waals surface area contributed by atoms with E-state index in [9.17, 15) is 13.2 Å². The normalized spacial score (nSPS) is 20.9. The quantitative estimate of drug-likeness (QED) is 0.361. The zero-order chi connectivity index (χ0) is 24.2. The van der Waals surface area contributed by atoms with Crippen LogP contribution in [0.4, 0.5) is 35.9 Å². The van der Waals surface area contributed by atoms with Crippen LogP contribution in [0, 0.1) is 5.41 Å². The highest BCUT2D eigenvalue weighted by Gasteiger charge is 2.47. The van der Waals surface area contributed by atoms with E-state index in [0.29, 0.717) is 22.5 Å². The smallest absolute Gasteiger partial charge is 0.380 e. The Kier molecular flexibility index (Phi) is 7.04. The number of nitrogens with two attached hydrogens (primary N) is 1. The molecule has 3 heterocycles. The molecule has 0 radical (unpaired) electrons. The summed E-state index contributed by atoms with van der Waals surface area (Å²) in [5.41, 5.74) is 8.97. The number of fused-ring (bicyclic) bond motifs is 2. The molecule has 36 heavy (non-hydrogen) atoms. The molecule has 1 saturated carbocycles. The van der Waals surface area contributed by atoms with Crippen molar-refractivity contribution >= 4 is 46.9 Å². The van der Waals surface area contributed by atoms with Gasteiger partial charge in [-0.3, -0.25) is 0 Å². The first-order valence-electron chi connectivity index (χ1n) is 12.6. The van der Waals surface area contributed by atoms with E-state index in [1.165, 1.54) is 43.2 Å². The number of nitrogens with one attached hydrogen (secondary N) is 2. The zero-order valence-electron chi connectivity index (χ0n) is 20.2. The molecule has 0 aromatic heterocycles. The van der Waals surface area contributed by atoms with Gasteiger partial charge in [-0.15, -0.1) is 12.4 Å². The maximum absolute atomic E-state index is 13.8. The van der Waals surface area contributed by atoms with Crippen molar-refractivity contribution in [3.8, 4) is 0 Å². The van der Waals surface area contributed by atoms with Gasteiger partial charge in [-0.25, -0.2) is 0 Å². The fourth-order valence-corrected chi connectivity index (χ4v) is 6.99. The molecule has 0 unspecified atom stereocenters. The molecule has 0 bridgehead atoms. The second-order valence-corrected chi connectivity index (χ2v) is 11.6. The predicted octanol–water partition coefficient (Wildman–Crippen LogP) is 6.16. The summed E-state index contributed by atoms with van der Waals surface area (Å²) in [7, 11) is 0. The van der Waals surface area contributed by atoms with Gasteiger partial charge in [-0.1, -0.05) is 18.2 Å². The molecule has 4 aliphatic rings. The van der Waals surface area contributed by atoms with Crippen LogP contribution < -0.4 is 21.3 Å². The number of hydrogen-bond donors (Lipinski definition) is 3. The fraction of sp³-hybridized carbons (Fsp3) is 0.538. The first-order chi connectivity index (χ1) is 16.8. The maximum atomic E-state index is 13.8. The standard InChI is InChI=1S/C26H32F3N5S.ClH/c27-26(28,29)17-12-21(31-18-4-9-33(10-5-18)11-8-30)24-23(13-17)35-22-14-19(2-3-20(22)32-24)34-15-25(16-34)6-1-7-25;/h2-3,12-14,18,31-32H,1,4-11,15-16,30H2;1H. The summed E-state index contributed by atoms with van der Waals surface area (Å²) in [6.07, 6.45) is 1.35. The molecular formula is C26H33ClF3N5S. The Labute approximate surface area is 220 Å². The minimum atomic E-state index is -4.40. The molecule has 0 atom stereocenters. The minimum absolute atomic E-state index is 0. The Morgan fingerprint density at radius 3 is 2.47 bits per heavy atom. The molecule has 196 valence electrons. The second-order valence-electron chi connectivity index (χ2n) is 10.6. The number of hydrogen-bond acceptors (Lipinski definition) is 6. The lowest BCUT2D eigenvalue weighted by Crippen LogP contribution is -2.59. The first-order valence-corrected chi connectivity index (χ1v) is 13.4. The molecule has 1 aliphatic carbocycles. The monoisotopic (exact) mass is 539 g/mol. The predicted molar refractivity (Wildman–Crippen MR) is 143 cm³/mol. The van der Waals surface area contributed by atoms with E-state index < -0.39 is 11.7 Å². The van der Waals surface area contributed by atoms with Crippen LogP contribution in [0.15, 0.2) is 40.1 Å². The van der Waals surface area contributed by atoms with Gasteiger partial charge in [0.25, 0.3) is 0 Å². The van der Waals surface area contributed by atoms with Gasteiger partial charge >= 0.3 is 6.18 Å². The van der Waals surface area contributed by atoms with E-state index in [4.69, 9.17) is 5.73 Å². The van der Waals surface area contributed by atoms with Gasteiger partial charge in [-0.2, -0.15) is 13.2 Å². The number of piperidine rings is 1. The van der Waals surface area contributed by atoms with Crippen molar-refractivity contribution < 1.29 is 13.2 Å². The van der Waals surface area contributed by atoms with E-state index >= 15 is 0 Å². The Morgan fingerprint density at radius 2 is 1.83 bits per heavy atom. The van der Waals surface area contributed by atoms with Crippen molar-refractivity contribution in [3.63, 3.8) is 0 Å². The molecule has 0 amide bonds. The third-order valence-electron chi connectivity index (χ3n) is 8.10. The van der Waals surface area contributed by atoms with Crippen molar-refractivity contribution in [3.05, 3.63) is 35.9 Å². The van der Waals surface area contributed by atoms with Gasteiger partial charge in [0.2, 0.25) is 0 Å². The van der Waals surface area contributed by atoms with Crippen LogP contribution in [0.1, 0.15) is 37.7 Å². The van der Waals surface area contributed by atoms with Gasteiger partial charge in [0.05, 0.1) is 22.6 Å². The number of halogens is 4. The van der Waals surface area contributed by atoms with E-state index in [1.54, 1.807) is 0 Å². The molecule has 1 spiro atoms. The van der Waals surface area contributed by atoms with Gasteiger partial charge in [0.15, 0.2) is 0 Å². The summed E-state index contributed by atoms with van der Waals surface area (Å²) >= 11 is 1.43. The molecular weight excluding hydrogens is 507 g/mol. The highest BCUT2D eigenvalue weighted by atomic mass is 35.5. The number of anilines is 4. The van der Waals surface area contributed by atoms with Crippen molar-refractivity contribution in [2.75, 3.05) is 54.8 Å². The minimum Gasteiger partial charge on any atom is -0.380 e. The van der Waals surface area contributed by atoms with Crippen LogP contribution in [-0.2, 0) is 6.18 Å². The summed E-state index contributed by atoms with van der Waals surface area (Å²) in [4.78, 5) is 6.30. The molecule has 2 saturated heterocycles. The number of likely N-dealkylation sites (tertiary alicyclic amines) is 1. The van der Waals surface area contributed by atoms with Crippen molar-refractivity contribution in [2.45, 2.75) is 54.1 Å². The molecule has 4 N–H and O–H groups in total. The lowest BCUT2D eigenvalue weighted by atomic mass is 9.63. The summed E-state index contributed by atoms with van der Waals surface area (Å²) in [6.45, 7) is 5.48. The highest BCUT2D eigenvalue weighted by Crippen LogP contribution is 2.53. The Bertz CT molecular complexity index is 1110. The molecule has 6 rings (SSSR count). The van der Waals surface area contributed by atoms with E-state index in [1.807, 2.05) is 0 Å². The average Bonchev–Trinajstić information content (AvgIpc) is 2.77. The summed E-state index contributed by atoms with van der Waals surface area (Å²) in [5.74, 6) is 0. The van der Waals surface area contributed by atoms with E-state index in [2.05, 4.69) is 38.6 Å². The molecule has 2 aromatic carbocycles. The SMILES string of the molecule is Cl.NCCN1CCC(Nc2cc(C(F)(F)F)cc3c2Nc2ccc(N4CC5(CCC5)C4)cc2S3)CC1. The second kappa shape index (κ2) is 9.82. The number of nitrogens with zero attached hydrogens (tertiary/aromatic N) is 2. The van der Waals surface area contributed by atoms with Gasteiger partial charge in [0, 0.05) is 66.2 Å². The molecule has 10 heteroatoms. The highest BCUT2D eigenvalue weighted by molar-refractivity contribution is 7.99. The van der Waals surface area contributed by atoms with Crippen molar-refractivity contribution in [1.29, 1.82) is 0 Å². The number of benzene rings is 2. The van der Waals surface area contributed by atoms with E-state index in [-0.39, 0.29) is 18.4 Å². The van der Waals surface area contributed by atoms with Crippen LogP contribution >= 0.6 is 24.2 Å². The number of alkyl halides is 3. The topological polar surface area (TPSA) is 56.6 Å². The largest absolute Gasteiger partial charge is 0.416 e. The number of rotatable bonds is 5. The fourth-order valence-electron chi connectivity index (χ4n) is 5.89. The Hall–Kier alpha value is -1.81. The van der Waals surface area contributed by atoms with Gasteiger partial charge in [0.1, 0.15) is 0 Å². The van der Waals surface area contributed by atoms with Crippen LogP contribution in [0.25, 0.3) is 0 Å². The van der Waals surface area contributed by atoms with Gasteiger partial charge in [-0.05, 0) is 56.0 Å². The lowest BCUT2D eigenvalue weighted by molar-refractivity contribution is -0.137. The zero-order valence-corrected chi connectivity index (χ0v) is 21.8. The third kappa shape index (κ3) is 4.87. The molecule has 3 fully saturated rings. The molecule has 2 aromatic rings. The lowest BCUT2D eigenvalue weighted by Gasteiger charge is -2.57. The van der Waals surface area contributed by atoms with Crippen LogP contribution in [0.2, 0.25) is 0 Å².